The molecule has 1 aromatic heterocycles. The van der Waals surface area contributed by atoms with Crippen LogP contribution in [0.15, 0.2) is 42.7 Å². The van der Waals surface area contributed by atoms with Gasteiger partial charge in [-0.15, -0.1) is 0 Å². The Balaban J connectivity index is 1.34. The Morgan fingerprint density at radius 3 is 2.33 bits per heavy atom. The molecule has 1 aliphatic heterocycles. The van der Waals surface area contributed by atoms with Crippen LogP contribution in [-0.4, -0.2) is 45.8 Å². The molecule has 6 nitrogen and oxygen atoms in total. The predicted molar refractivity (Wildman–Crippen MR) is 102 cm³/mol. The van der Waals surface area contributed by atoms with Crippen LogP contribution in [0.3, 0.4) is 0 Å². The maximum absolute atomic E-state index is 12.6. The second-order valence-electron chi connectivity index (χ2n) is 7.67. The molecule has 1 atom stereocenters. The number of carbonyl (C=O) groups is 2. The summed E-state index contributed by atoms with van der Waals surface area (Å²) in [5, 5.41) is 2.76. The van der Waals surface area contributed by atoms with Gasteiger partial charge in [0, 0.05) is 18.7 Å². The van der Waals surface area contributed by atoms with Crippen LogP contribution in [-0.2, 0) is 4.79 Å². The van der Waals surface area contributed by atoms with Crippen LogP contribution in [0.25, 0.3) is 11.3 Å². The van der Waals surface area contributed by atoms with E-state index in [1.165, 1.54) is 19.0 Å². The van der Waals surface area contributed by atoms with E-state index in [9.17, 15) is 9.59 Å². The van der Waals surface area contributed by atoms with E-state index in [4.69, 9.17) is 0 Å². The van der Waals surface area contributed by atoms with E-state index in [1.807, 2.05) is 35.2 Å². The first kappa shape index (κ1) is 17.6. The fourth-order valence-corrected chi connectivity index (χ4v) is 3.69. The van der Waals surface area contributed by atoms with Crippen molar-refractivity contribution in [2.75, 3.05) is 13.1 Å². The van der Waals surface area contributed by atoms with Gasteiger partial charge in [-0.25, -0.2) is 4.98 Å². The third kappa shape index (κ3) is 3.84. The molecular weight excluding hydrogens is 340 g/mol. The summed E-state index contributed by atoms with van der Waals surface area (Å²) in [5.41, 5.74) is 2.39. The second-order valence-corrected chi connectivity index (χ2v) is 7.67. The molecule has 6 heteroatoms. The van der Waals surface area contributed by atoms with Gasteiger partial charge in [-0.3, -0.25) is 14.6 Å². The van der Waals surface area contributed by atoms with Crippen LogP contribution in [0.2, 0.25) is 0 Å². The number of hydrogen-bond acceptors (Lipinski definition) is 4. The number of nitrogens with one attached hydrogen (secondary N) is 1. The lowest BCUT2D eigenvalue weighted by Gasteiger charge is -2.33. The largest absolute Gasteiger partial charge is 0.341 e. The summed E-state index contributed by atoms with van der Waals surface area (Å²) < 4.78 is 0. The van der Waals surface area contributed by atoms with Gasteiger partial charge in [0.25, 0.3) is 5.91 Å². The third-order valence-electron chi connectivity index (χ3n) is 5.76. The first-order valence-corrected chi connectivity index (χ1v) is 9.53. The zero-order valence-corrected chi connectivity index (χ0v) is 15.5. The average molecular weight is 364 g/mol. The number of aromatic nitrogens is 2. The fraction of sp³-hybridized carbons (Fsp3) is 0.429. The molecule has 1 N–H and O–H groups in total. The van der Waals surface area contributed by atoms with Crippen molar-refractivity contribution < 1.29 is 9.59 Å². The van der Waals surface area contributed by atoms with Gasteiger partial charge in [0.05, 0.1) is 18.1 Å². The van der Waals surface area contributed by atoms with Gasteiger partial charge >= 0.3 is 0 Å². The van der Waals surface area contributed by atoms with Gasteiger partial charge in [-0.2, -0.15) is 0 Å². The topological polar surface area (TPSA) is 75.2 Å². The molecule has 2 heterocycles. The molecule has 2 fully saturated rings. The quantitative estimate of drug-likeness (QED) is 0.905. The summed E-state index contributed by atoms with van der Waals surface area (Å²) in [5.74, 6) is -0.397. The summed E-state index contributed by atoms with van der Waals surface area (Å²) in [6, 6.07) is 9.10. The molecule has 1 saturated heterocycles. The maximum Gasteiger partial charge on any atom is 0.272 e. The lowest BCUT2D eigenvalue weighted by molar-refractivity contribution is -0.134. The normalized spacial score (nSPS) is 18.8. The summed E-state index contributed by atoms with van der Waals surface area (Å²) in [6.45, 7) is 3.32. The van der Waals surface area contributed by atoms with Gasteiger partial charge in [0.2, 0.25) is 5.91 Å². The lowest BCUT2D eigenvalue weighted by Crippen LogP contribution is -2.49. The van der Waals surface area contributed by atoms with Crippen molar-refractivity contribution in [2.24, 2.45) is 5.41 Å². The van der Waals surface area contributed by atoms with E-state index < -0.39 is 6.04 Å². The van der Waals surface area contributed by atoms with Crippen molar-refractivity contribution in [3.8, 4) is 11.3 Å². The molecule has 140 valence electrons. The molecule has 0 radical (unpaired) electrons. The molecule has 1 aliphatic carbocycles. The Morgan fingerprint density at radius 1 is 1.04 bits per heavy atom. The minimum Gasteiger partial charge on any atom is -0.341 e. The van der Waals surface area contributed by atoms with Crippen molar-refractivity contribution in [2.45, 2.75) is 38.6 Å². The summed E-state index contributed by atoms with van der Waals surface area (Å²) in [6.07, 6.45) is 7.82. The van der Waals surface area contributed by atoms with Gasteiger partial charge in [0.1, 0.15) is 11.7 Å². The lowest BCUT2D eigenvalue weighted by atomic mass is 9.93. The number of amides is 2. The summed E-state index contributed by atoms with van der Waals surface area (Å²) in [7, 11) is 0. The Bertz CT molecular complexity index is 821. The SMILES string of the molecule is CC(NC(=O)c1cnc(-c2ccccc2)cn1)C(=O)N1CCC2(CC1)CC2. The standard InChI is InChI=1S/C21H24N4O2/c1-15(20(27)25-11-9-21(7-8-21)10-12-25)24-19(26)18-14-22-17(13-23-18)16-5-3-2-4-6-16/h2-6,13-15H,7-12H2,1H3,(H,24,26). The average Bonchev–Trinajstić information content (AvgIpc) is 3.47. The monoisotopic (exact) mass is 364 g/mol. The highest BCUT2D eigenvalue weighted by Crippen LogP contribution is 2.53. The van der Waals surface area contributed by atoms with Gasteiger partial charge in [0.15, 0.2) is 0 Å². The molecular formula is C21H24N4O2. The first-order chi connectivity index (χ1) is 13.1. The maximum atomic E-state index is 12.6. The summed E-state index contributed by atoms with van der Waals surface area (Å²) >= 11 is 0. The van der Waals surface area contributed by atoms with Crippen LogP contribution in [0, 0.1) is 5.41 Å². The first-order valence-electron chi connectivity index (χ1n) is 9.53. The highest BCUT2D eigenvalue weighted by Gasteiger charge is 2.45. The Labute approximate surface area is 159 Å². The zero-order valence-electron chi connectivity index (χ0n) is 15.5. The van der Waals surface area contributed by atoms with E-state index >= 15 is 0 Å². The van der Waals surface area contributed by atoms with Crippen molar-refractivity contribution >= 4 is 11.8 Å². The van der Waals surface area contributed by atoms with Gasteiger partial charge in [-0.05, 0) is 38.0 Å². The molecule has 2 amide bonds. The number of nitrogens with zero attached hydrogens (tertiary/aromatic N) is 3. The molecule has 1 saturated carbocycles. The van der Waals surface area contributed by atoms with Crippen molar-refractivity contribution in [1.82, 2.24) is 20.2 Å². The number of piperidine rings is 1. The minimum absolute atomic E-state index is 0.0206. The minimum atomic E-state index is -0.568. The number of carbonyl (C=O) groups excluding carboxylic acids is 2. The van der Waals surface area contributed by atoms with Crippen LogP contribution < -0.4 is 5.32 Å². The molecule has 1 aromatic carbocycles. The van der Waals surface area contributed by atoms with E-state index in [1.54, 1.807) is 13.1 Å². The van der Waals surface area contributed by atoms with Crippen molar-refractivity contribution in [3.05, 3.63) is 48.4 Å². The molecule has 0 bridgehead atoms. The molecule has 4 rings (SSSR count). The Kier molecular flexibility index (Phi) is 4.64. The number of benzene rings is 1. The zero-order chi connectivity index (χ0) is 18.9. The highest BCUT2D eigenvalue weighted by atomic mass is 16.2. The van der Waals surface area contributed by atoms with Crippen LogP contribution in [0.5, 0.6) is 0 Å². The van der Waals surface area contributed by atoms with E-state index in [0.717, 1.165) is 31.5 Å². The van der Waals surface area contributed by atoms with Crippen LogP contribution in [0.4, 0.5) is 0 Å². The van der Waals surface area contributed by atoms with E-state index in [2.05, 4.69) is 15.3 Å². The fourth-order valence-electron chi connectivity index (χ4n) is 3.69. The third-order valence-corrected chi connectivity index (χ3v) is 5.76. The smallest absolute Gasteiger partial charge is 0.272 e. The van der Waals surface area contributed by atoms with Crippen molar-refractivity contribution in [1.29, 1.82) is 0 Å². The second kappa shape index (κ2) is 7.10. The van der Waals surface area contributed by atoms with Crippen LogP contribution in [0.1, 0.15) is 43.1 Å². The number of rotatable bonds is 4. The number of likely N-dealkylation sites (tertiary alicyclic amines) is 1. The summed E-state index contributed by atoms with van der Waals surface area (Å²) in [4.78, 5) is 35.4. The molecule has 2 aromatic rings. The molecule has 1 unspecified atom stereocenters. The highest BCUT2D eigenvalue weighted by molar-refractivity contribution is 5.95. The van der Waals surface area contributed by atoms with Crippen LogP contribution >= 0.6 is 0 Å². The molecule has 27 heavy (non-hydrogen) atoms. The number of hydrogen-bond donors (Lipinski definition) is 1. The van der Waals surface area contributed by atoms with E-state index in [0.29, 0.717) is 11.1 Å². The van der Waals surface area contributed by atoms with Crippen molar-refractivity contribution in [3.63, 3.8) is 0 Å². The molecule has 1 spiro atoms. The predicted octanol–water partition coefficient (Wildman–Crippen LogP) is 2.66. The van der Waals surface area contributed by atoms with Gasteiger partial charge < -0.3 is 10.2 Å². The van der Waals surface area contributed by atoms with Gasteiger partial charge in [-0.1, -0.05) is 30.3 Å². The molecule has 2 aliphatic rings. The Hall–Kier alpha value is -2.76. The Morgan fingerprint density at radius 2 is 1.74 bits per heavy atom. The van der Waals surface area contributed by atoms with E-state index in [-0.39, 0.29) is 17.5 Å².